The molecule has 0 spiro atoms. The number of hydrogen-bond acceptors (Lipinski definition) is 5. The van der Waals surface area contributed by atoms with Gasteiger partial charge in [-0.1, -0.05) is 18.2 Å². The molecule has 0 aliphatic heterocycles. The van der Waals surface area contributed by atoms with Gasteiger partial charge in [0.15, 0.2) is 0 Å². The number of amides is 1. The molecule has 3 rings (SSSR count). The Labute approximate surface area is 176 Å². The predicted molar refractivity (Wildman–Crippen MR) is 115 cm³/mol. The molecule has 30 heavy (non-hydrogen) atoms. The van der Waals surface area contributed by atoms with Gasteiger partial charge in [0.05, 0.1) is 23.3 Å². The SMILES string of the molecule is COc1cc(C)c(S(=O)(=O)Nc2ccccc2C(=O)NCc2cccnc2)cc1C. The van der Waals surface area contributed by atoms with Crippen molar-refractivity contribution in [2.75, 3.05) is 11.8 Å². The Kier molecular flexibility index (Phi) is 6.37. The van der Waals surface area contributed by atoms with Gasteiger partial charge in [-0.05, 0) is 60.9 Å². The largest absolute Gasteiger partial charge is 0.496 e. The number of benzene rings is 2. The first-order valence-electron chi connectivity index (χ1n) is 9.26. The van der Waals surface area contributed by atoms with Crippen molar-refractivity contribution >= 4 is 21.6 Å². The summed E-state index contributed by atoms with van der Waals surface area (Å²) in [6.45, 7) is 3.75. The van der Waals surface area contributed by atoms with E-state index in [4.69, 9.17) is 4.74 Å². The molecule has 1 amide bonds. The van der Waals surface area contributed by atoms with Gasteiger partial charge in [-0.15, -0.1) is 0 Å². The second-order valence-corrected chi connectivity index (χ2v) is 8.43. The maximum absolute atomic E-state index is 13.0. The minimum absolute atomic E-state index is 0.131. The summed E-state index contributed by atoms with van der Waals surface area (Å²) in [4.78, 5) is 16.8. The lowest BCUT2D eigenvalue weighted by molar-refractivity contribution is 0.0952. The number of ether oxygens (including phenoxy) is 1. The number of sulfonamides is 1. The molecule has 3 aromatic rings. The highest BCUT2D eigenvalue weighted by Crippen LogP contribution is 2.28. The number of aryl methyl sites for hydroxylation is 2. The topological polar surface area (TPSA) is 97.4 Å². The molecule has 1 heterocycles. The molecule has 0 bridgehead atoms. The summed E-state index contributed by atoms with van der Waals surface area (Å²) in [6, 6.07) is 13.3. The summed E-state index contributed by atoms with van der Waals surface area (Å²) in [6.07, 6.45) is 3.31. The number of aromatic nitrogens is 1. The Morgan fingerprint density at radius 3 is 2.53 bits per heavy atom. The lowest BCUT2D eigenvalue weighted by atomic mass is 10.1. The van der Waals surface area contributed by atoms with Crippen molar-refractivity contribution in [1.29, 1.82) is 0 Å². The highest BCUT2D eigenvalue weighted by atomic mass is 32.2. The Morgan fingerprint density at radius 1 is 1.07 bits per heavy atom. The molecule has 0 atom stereocenters. The number of nitrogens with zero attached hydrogens (tertiary/aromatic N) is 1. The molecule has 0 aliphatic rings. The van der Waals surface area contributed by atoms with Crippen molar-refractivity contribution in [3.05, 3.63) is 83.2 Å². The summed E-state index contributed by atoms with van der Waals surface area (Å²) >= 11 is 0. The van der Waals surface area contributed by atoms with Crippen LogP contribution in [0.4, 0.5) is 5.69 Å². The average Bonchev–Trinajstić information content (AvgIpc) is 2.74. The first-order chi connectivity index (χ1) is 14.3. The lowest BCUT2D eigenvalue weighted by Crippen LogP contribution is -2.25. The third kappa shape index (κ3) is 4.77. The molecule has 0 unspecified atom stereocenters. The minimum Gasteiger partial charge on any atom is -0.496 e. The van der Waals surface area contributed by atoms with Gasteiger partial charge in [0.1, 0.15) is 5.75 Å². The van der Waals surface area contributed by atoms with E-state index >= 15 is 0 Å². The number of carbonyl (C=O) groups excluding carboxylic acids is 1. The zero-order chi connectivity index (χ0) is 21.7. The minimum atomic E-state index is -3.91. The van der Waals surface area contributed by atoms with E-state index < -0.39 is 10.0 Å². The maximum atomic E-state index is 13.0. The normalized spacial score (nSPS) is 11.0. The van der Waals surface area contributed by atoms with Crippen LogP contribution in [0.2, 0.25) is 0 Å². The number of methoxy groups -OCH3 is 1. The van der Waals surface area contributed by atoms with Gasteiger partial charge >= 0.3 is 0 Å². The van der Waals surface area contributed by atoms with Crippen LogP contribution in [0.15, 0.2) is 65.8 Å². The number of pyridine rings is 1. The van der Waals surface area contributed by atoms with Crippen molar-refractivity contribution in [1.82, 2.24) is 10.3 Å². The van der Waals surface area contributed by atoms with E-state index in [1.807, 2.05) is 6.07 Å². The second-order valence-electron chi connectivity index (χ2n) is 6.78. The highest BCUT2D eigenvalue weighted by molar-refractivity contribution is 7.92. The first-order valence-corrected chi connectivity index (χ1v) is 10.7. The zero-order valence-corrected chi connectivity index (χ0v) is 17.8. The van der Waals surface area contributed by atoms with Crippen LogP contribution in [0.25, 0.3) is 0 Å². The number of para-hydroxylation sites is 1. The van der Waals surface area contributed by atoms with Gasteiger partial charge in [0.25, 0.3) is 15.9 Å². The van der Waals surface area contributed by atoms with E-state index in [9.17, 15) is 13.2 Å². The average molecular weight is 426 g/mol. The molecule has 0 saturated carbocycles. The fraction of sp³-hybridized carbons (Fsp3) is 0.182. The van der Waals surface area contributed by atoms with E-state index in [0.717, 1.165) is 5.56 Å². The van der Waals surface area contributed by atoms with Crippen LogP contribution in [0.1, 0.15) is 27.0 Å². The molecule has 0 saturated heterocycles. The summed E-state index contributed by atoms with van der Waals surface area (Å²) in [5, 5.41) is 2.79. The van der Waals surface area contributed by atoms with Gasteiger partial charge < -0.3 is 10.1 Å². The molecule has 8 heteroatoms. The fourth-order valence-electron chi connectivity index (χ4n) is 3.02. The molecule has 156 valence electrons. The molecule has 0 aliphatic carbocycles. The Morgan fingerprint density at radius 2 is 1.83 bits per heavy atom. The summed E-state index contributed by atoms with van der Waals surface area (Å²) in [5.74, 6) is 0.224. The van der Waals surface area contributed by atoms with E-state index in [0.29, 0.717) is 16.9 Å². The van der Waals surface area contributed by atoms with Crippen LogP contribution in [0.5, 0.6) is 5.75 Å². The van der Waals surface area contributed by atoms with Gasteiger partial charge in [0, 0.05) is 18.9 Å². The van der Waals surface area contributed by atoms with Gasteiger partial charge in [0.2, 0.25) is 0 Å². The number of hydrogen-bond donors (Lipinski definition) is 2. The molecular formula is C22H23N3O4S. The molecule has 2 N–H and O–H groups in total. The fourth-order valence-corrected chi connectivity index (χ4v) is 4.41. The van der Waals surface area contributed by atoms with Gasteiger partial charge in [-0.3, -0.25) is 14.5 Å². The van der Waals surface area contributed by atoms with Crippen molar-refractivity contribution in [3.63, 3.8) is 0 Å². The predicted octanol–water partition coefficient (Wildman–Crippen LogP) is 3.44. The number of carbonyl (C=O) groups is 1. The van der Waals surface area contributed by atoms with E-state index in [-0.39, 0.29) is 28.6 Å². The summed E-state index contributed by atoms with van der Waals surface area (Å²) < 4.78 is 33.9. The molecule has 1 aromatic heterocycles. The van der Waals surface area contributed by atoms with Crippen LogP contribution in [-0.4, -0.2) is 26.4 Å². The maximum Gasteiger partial charge on any atom is 0.262 e. The van der Waals surface area contributed by atoms with E-state index in [1.54, 1.807) is 68.7 Å². The second kappa shape index (κ2) is 8.96. The van der Waals surface area contributed by atoms with Crippen LogP contribution in [-0.2, 0) is 16.6 Å². The molecule has 7 nitrogen and oxygen atoms in total. The lowest BCUT2D eigenvalue weighted by Gasteiger charge is -2.15. The van der Waals surface area contributed by atoms with Crippen LogP contribution in [0, 0.1) is 13.8 Å². The zero-order valence-electron chi connectivity index (χ0n) is 17.0. The van der Waals surface area contributed by atoms with Gasteiger partial charge in [-0.25, -0.2) is 8.42 Å². The Hall–Kier alpha value is -3.39. The van der Waals surface area contributed by atoms with Crippen molar-refractivity contribution in [2.45, 2.75) is 25.3 Å². The quantitative estimate of drug-likeness (QED) is 0.604. The third-order valence-electron chi connectivity index (χ3n) is 4.57. The van der Waals surface area contributed by atoms with Crippen molar-refractivity contribution in [3.8, 4) is 5.75 Å². The third-order valence-corrected chi connectivity index (χ3v) is 6.08. The summed E-state index contributed by atoms with van der Waals surface area (Å²) in [7, 11) is -2.37. The molecule has 2 aromatic carbocycles. The highest BCUT2D eigenvalue weighted by Gasteiger charge is 2.21. The van der Waals surface area contributed by atoms with Gasteiger partial charge in [-0.2, -0.15) is 0 Å². The van der Waals surface area contributed by atoms with Crippen LogP contribution >= 0.6 is 0 Å². The molecular weight excluding hydrogens is 402 g/mol. The van der Waals surface area contributed by atoms with Crippen LogP contribution < -0.4 is 14.8 Å². The van der Waals surface area contributed by atoms with Crippen molar-refractivity contribution in [2.24, 2.45) is 0 Å². The Balaban J connectivity index is 1.85. The standard InChI is InChI=1S/C22H23N3O4S/c1-15-12-21(16(2)11-20(15)29-3)30(27,28)25-19-9-5-4-8-18(19)22(26)24-14-17-7-6-10-23-13-17/h4-13,25H,14H2,1-3H3,(H,24,26). The molecule has 0 fully saturated rings. The monoisotopic (exact) mass is 425 g/mol. The van der Waals surface area contributed by atoms with Crippen LogP contribution in [0.3, 0.4) is 0 Å². The first kappa shape index (κ1) is 21.3. The smallest absolute Gasteiger partial charge is 0.262 e. The molecule has 0 radical (unpaired) electrons. The summed E-state index contributed by atoms with van der Waals surface area (Å²) in [5.41, 5.74) is 2.52. The number of anilines is 1. The number of nitrogens with one attached hydrogen (secondary N) is 2. The van der Waals surface area contributed by atoms with E-state index in [2.05, 4.69) is 15.0 Å². The van der Waals surface area contributed by atoms with E-state index in [1.165, 1.54) is 7.11 Å². The van der Waals surface area contributed by atoms with Crippen molar-refractivity contribution < 1.29 is 17.9 Å². The number of rotatable bonds is 7. The Bertz CT molecular complexity index is 1160.